The summed E-state index contributed by atoms with van der Waals surface area (Å²) in [5.41, 5.74) is 6.87. The van der Waals surface area contributed by atoms with E-state index in [2.05, 4.69) is 15.9 Å². The molecule has 2 rings (SSSR count). The topological polar surface area (TPSA) is 43.1 Å². The van der Waals surface area contributed by atoms with Gasteiger partial charge in [-0.1, -0.05) is 71.7 Å². The quantitative estimate of drug-likeness (QED) is 0.424. The molecule has 0 aromatic heterocycles. The average Bonchev–Trinajstić information content (AvgIpc) is 2.53. The molecule has 0 amide bonds. The van der Waals surface area contributed by atoms with E-state index < -0.39 is 0 Å². The van der Waals surface area contributed by atoms with Crippen LogP contribution in [0.3, 0.4) is 0 Å². The standard InChI is InChI=1S/C9H9BrO.C6H6ClN.C2H6/c1-7(10)9(11)8-5-3-2-4-6-8;7-5-1-3-6(8)4-2-5;1-2/h2-7H,1H3;1-4H,8H2;1-2H3. The minimum Gasteiger partial charge on any atom is -0.399 e. The van der Waals surface area contributed by atoms with E-state index in [1.807, 2.05) is 51.1 Å². The molecule has 114 valence electrons. The summed E-state index contributed by atoms with van der Waals surface area (Å²) in [6.45, 7) is 5.83. The van der Waals surface area contributed by atoms with Crippen LogP contribution in [0.15, 0.2) is 54.6 Å². The van der Waals surface area contributed by atoms with Gasteiger partial charge in [0.05, 0.1) is 4.83 Å². The Bertz CT molecular complexity index is 491. The minimum absolute atomic E-state index is 0.0927. The average molecular weight is 371 g/mol. The molecule has 2 aromatic carbocycles. The molecule has 2 nitrogen and oxygen atoms in total. The number of carbonyl (C=O) groups is 1. The van der Waals surface area contributed by atoms with Crippen molar-refractivity contribution in [1.82, 2.24) is 0 Å². The summed E-state index contributed by atoms with van der Waals surface area (Å²) in [4.78, 5) is 11.2. The maximum Gasteiger partial charge on any atom is 0.176 e. The first-order valence-corrected chi connectivity index (χ1v) is 8.04. The third-order valence-corrected chi connectivity index (χ3v) is 2.96. The normalized spacial score (nSPS) is 10.3. The number of anilines is 1. The van der Waals surface area contributed by atoms with E-state index in [-0.39, 0.29) is 10.6 Å². The molecular weight excluding hydrogens is 350 g/mol. The molecule has 0 aliphatic carbocycles. The molecule has 0 aliphatic heterocycles. The highest BCUT2D eigenvalue weighted by Gasteiger charge is 2.09. The van der Waals surface area contributed by atoms with Crippen LogP contribution in [0.2, 0.25) is 5.02 Å². The highest BCUT2D eigenvalue weighted by Crippen LogP contribution is 2.09. The SMILES string of the molecule is CC.CC(Br)C(=O)c1ccccc1.Nc1ccc(Cl)cc1. The van der Waals surface area contributed by atoms with Gasteiger partial charge in [0.2, 0.25) is 0 Å². The molecule has 4 heteroatoms. The Kier molecular flexibility index (Phi) is 10.6. The molecule has 2 aromatic rings. The van der Waals surface area contributed by atoms with Crippen molar-refractivity contribution >= 4 is 39.0 Å². The second kappa shape index (κ2) is 11.4. The van der Waals surface area contributed by atoms with Gasteiger partial charge in [0.25, 0.3) is 0 Å². The number of alkyl halides is 1. The van der Waals surface area contributed by atoms with Crippen molar-refractivity contribution in [3.05, 3.63) is 65.2 Å². The Labute approximate surface area is 140 Å². The van der Waals surface area contributed by atoms with E-state index >= 15 is 0 Å². The summed E-state index contributed by atoms with van der Waals surface area (Å²) in [6.07, 6.45) is 0. The van der Waals surface area contributed by atoms with Crippen LogP contribution >= 0.6 is 27.5 Å². The number of benzene rings is 2. The second-order valence-corrected chi connectivity index (χ2v) is 5.71. The summed E-state index contributed by atoms with van der Waals surface area (Å²) in [6, 6.07) is 16.3. The Morgan fingerprint density at radius 2 is 1.52 bits per heavy atom. The van der Waals surface area contributed by atoms with Crippen molar-refractivity contribution in [3.8, 4) is 0 Å². The third kappa shape index (κ3) is 8.53. The molecule has 0 fully saturated rings. The Hall–Kier alpha value is -1.32. The van der Waals surface area contributed by atoms with E-state index in [9.17, 15) is 4.79 Å². The van der Waals surface area contributed by atoms with Crippen LogP contribution in [0.5, 0.6) is 0 Å². The second-order valence-electron chi connectivity index (χ2n) is 3.90. The number of carbonyl (C=O) groups excluding carboxylic acids is 1. The maximum atomic E-state index is 11.3. The zero-order valence-corrected chi connectivity index (χ0v) is 14.9. The van der Waals surface area contributed by atoms with Crippen LogP contribution in [0.1, 0.15) is 31.1 Å². The Morgan fingerprint density at radius 1 is 1.05 bits per heavy atom. The zero-order chi connectivity index (χ0) is 16.3. The third-order valence-electron chi connectivity index (χ3n) is 2.29. The molecule has 0 saturated carbocycles. The largest absolute Gasteiger partial charge is 0.399 e. The number of nitrogen functional groups attached to an aromatic ring is 1. The van der Waals surface area contributed by atoms with Gasteiger partial charge in [0.1, 0.15) is 0 Å². The van der Waals surface area contributed by atoms with Crippen molar-refractivity contribution in [2.45, 2.75) is 25.6 Å². The van der Waals surface area contributed by atoms with Crippen LogP contribution in [-0.2, 0) is 0 Å². The molecule has 0 aliphatic rings. The fraction of sp³-hybridized carbons (Fsp3) is 0.235. The van der Waals surface area contributed by atoms with Gasteiger partial charge in [0.15, 0.2) is 5.78 Å². The first kappa shape index (κ1) is 19.7. The molecule has 21 heavy (non-hydrogen) atoms. The smallest absolute Gasteiger partial charge is 0.176 e. The van der Waals surface area contributed by atoms with Crippen molar-refractivity contribution in [2.24, 2.45) is 0 Å². The van der Waals surface area contributed by atoms with Gasteiger partial charge in [0, 0.05) is 16.3 Å². The Morgan fingerprint density at radius 3 is 1.90 bits per heavy atom. The monoisotopic (exact) mass is 369 g/mol. The van der Waals surface area contributed by atoms with Crippen molar-refractivity contribution < 1.29 is 4.79 Å². The molecule has 0 bridgehead atoms. The van der Waals surface area contributed by atoms with Crippen LogP contribution in [0.25, 0.3) is 0 Å². The summed E-state index contributed by atoms with van der Waals surface area (Å²) >= 11 is 8.78. The van der Waals surface area contributed by atoms with Crippen molar-refractivity contribution in [1.29, 1.82) is 0 Å². The zero-order valence-electron chi connectivity index (χ0n) is 12.5. The van der Waals surface area contributed by atoms with Crippen LogP contribution in [0, 0.1) is 0 Å². The molecule has 0 spiro atoms. The van der Waals surface area contributed by atoms with Gasteiger partial charge in [-0.15, -0.1) is 0 Å². The lowest BCUT2D eigenvalue weighted by Crippen LogP contribution is -2.09. The predicted octanol–water partition coefficient (Wildman–Crippen LogP) is 5.60. The molecule has 1 unspecified atom stereocenters. The van der Waals surface area contributed by atoms with Gasteiger partial charge in [-0.2, -0.15) is 0 Å². The fourth-order valence-corrected chi connectivity index (χ4v) is 1.69. The highest BCUT2D eigenvalue weighted by molar-refractivity contribution is 9.10. The van der Waals surface area contributed by atoms with Crippen LogP contribution in [0.4, 0.5) is 5.69 Å². The van der Waals surface area contributed by atoms with Crippen LogP contribution in [-0.4, -0.2) is 10.6 Å². The van der Waals surface area contributed by atoms with Crippen molar-refractivity contribution in [2.75, 3.05) is 5.73 Å². The summed E-state index contributed by atoms with van der Waals surface area (Å²) in [7, 11) is 0. The first-order chi connectivity index (χ1) is 10.0. The minimum atomic E-state index is -0.0927. The van der Waals surface area contributed by atoms with Gasteiger partial charge in [-0.25, -0.2) is 0 Å². The molecule has 0 heterocycles. The molecule has 0 saturated heterocycles. The number of rotatable bonds is 2. The lowest BCUT2D eigenvalue weighted by molar-refractivity contribution is 0.0996. The van der Waals surface area contributed by atoms with E-state index in [1.54, 1.807) is 24.3 Å². The Balaban J connectivity index is 0.000000354. The maximum absolute atomic E-state index is 11.3. The fourth-order valence-electron chi connectivity index (χ4n) is 1.29. The summed E-state index contributed by atoms with van der Waals surface area (Å²) < 4.78 is 0. The van der Waals surface area contributed by atoms with Gasteiger partial charge in [-0.3, -0.25) is 4.79 Å². The van der Waals surface area contributed by atoms with E-state index in [1.165, 1.54) is 0 Å². The van der Waals surface area contributed by atoms with E-state index in [4.69, 9.17) is 17.3 Å². The number of Topliss-reactive ketones (excluding diaryl/α,β-unsaturated/α-hetero) is 1. The van der Waals surface area contributed by atoms with E-state index in [0.29, 0.717) is 0 Å². The molecule has 1 atom stereocenters. The van der Waals surface area contributed by atoms with Crippen LogP contribution < -0.4 is 5.73 Å². The first-order valence-electron chi connectivity index (χ1n) is 6.75. The number of nitrogens with two attached hydrogens (primary N) is 1. The lowest BCUT2D eigenvalue weighted by atomic mass is 10.1. The van der Waals surface area contributed by atoms with Gasteiger partial charge in [-0.05, 0) is 31.2 Å². The lowest BCUT2D eigenvalue weighted by Gasteiger charge is -2.00. The van der Waals surface area contributed by atoms with Gasteiger partial charge >= 0.3 is 0 Å². The highest BCUT2D eigenvalue weighted by atomic mass is 79.9. The predicted molar refractivity (Wildman–Crippen MR) is 96.4 cm³/mol. The van der Waals surface area contributed by atoms with Crippen molar-refractivity contribution in [3.63, 3.8) is 0 Å². The van der Waals surface area contributed by atoms with Gasteiger partial charge < -0.3 is 5.73 Å². The number of ketones is 1. The summed E-state index contributed by atoms with van der Waals surface area (Å²) in [5, 5.41) is 0.721. The number of hydrogen-bond acceptors (Lipinski definition) is 2. The summed E-state index contributed by atoms with van der Waals surface area (Å²) in [5.74, 6) is 0.130. The molecular formula is C17H21BrClNO. The number of halogens is 2. The van der Waals surface area contributed by atoms with E-state index in [0.717, 1.165) is 16.3 Å². The molecule has 0 radical (unpaired) electrons. The molecule has 2 N–H and O–H groups in total. The number of hydrogen-bond donors (Lipinski definition) is 1.